The SMILES string of the molecule is Nc1nc2c(ncn2[C@@H]2O[C@H](COP(=O)(O)OP(=O)(O)OC3O[C@H](CO)[C@@H](O)[C@H](O)[C@H]3O)[C@@H](O)[C@H]2O)c(=O)[nH]1. The highest BCUT2D eigenvalue weighted by Crippen LogP contribution is 2.61. The molecule has 2 aliphatic heterocycles. The van der Waals surface area contributed by atoms with E-state index in [1.54, 1.807) is 0 Å². The van der Waals surface area contributed by atoms with Crippen LogP contribution in [0.25, 0.3) is 11.2 Å². The quantitative estimate of drug-likeness (QED) is 0.120. The van der Waals surface area contributed by atoms with Crippen LogP contribution in [0.3, 0.4) is 0 Å². The molecule has 0 bridgehead atoms. The van der Waals surface area contributed by atoms with Gasteiger partial charge < -0.3 is 55.6 Å². The number of phosphoric acid groups is 2. The van der Waals surface area contributed by atoms with Gasteiger partial charge in [-0.15, -0.1) is 0 Å². The second kappa shape index (κ2) is 11.2. The molecule has 39 heavy (non-hydrogen) atoms. The van der Waals surface area contributed by atoms with Crippen molar-refractivity contribution in [2.24, 2.45) is 0 Å². The van der Waals surface area contributed by atoms with E-state index in [4.69, 9.17) is 20.3 Å². The van der Waals surface area contributed by atoms with Gasteiger partial charge in [0.1, 0.15) is 42.7 Å². The molecule has 0 radical (unpaired) electrons. The molecule has 23 heteroatoms. The van der Waals surface area contributed by atoms with E-state index < -0.39 is 89.7 Å². The van der Waals surface area contributed by atoms with E-state index in [0.717, 1.165) is 10.9 Å². The fourth-order valence-corrected chi connectivity index (χ4v) is 6.01. The van der Waals surface area contributed by atoms with Crippen LogP contribution >= 0.6 is 15.6 Å². The van der Waals surface area contributed by atoms with Crippen molar-refractivity contribution in [3.05, 3.63) is 16.7 Å². The molecule has 0 aromatic carbocycles. The van der Waals surface area contributed by atoms with Gasteiger partial charge in [-0.3, -0.25) is 23.4 Å². The predicted molar refractivity (Wildman–Crippen MR) is 120 cm³/mol. The summed E-state index contributed by atoms with van der Waals surface area (Å²) in [6.45, 7) is -1.89. The van der Waals surface area contributed by atoms with Gasteiger partial charge >= 0.3 is 15.6 Å². The van der Waals surface area contributed by atoms with E-state index in [0.29, 0.717) is 0 Å². The smallest absolute Gasteiger partial charge is 0.394 e. The number of H-pyrrole nitrogens is 1. The minimum absolute atomic E-state index is 0.114. The van der Waals surface area contributed by atoms with Gasteiger partial charge in [0.05, 0.1) is 19.5 Å². The topological polar surface area (TPSA) is 332 Å². The van der Waals surface area contributed by atoms with Gasteiger partial charge in [0.2, 0.25) is 5.95 Å². The number of anilines is 1. The molecule has 11 atom stereocenters. The summed E-state index contributed by atoms with van der Waals surface area (Å²) in [5.41, 5.74) is 4.54. The lowest BCUT2D eigenvalue weighted by Crippen LogP contribution is -2.58. The Balaban J connectivity index is 1.39. The Kier molecular flexibility index (Phi) is 8.60. The maximum Gasteiger partial charge on any atom is 0.483 e. The van der Waals surface area contributed by atoms with Crippen LogP contribution in [0.2, 0.25) is 0 Å². The Morgan fingerprint density at radius 3 is 2.33 bits per heavy atom. The van der Waals surface area contributed by atoms with Crippen molar-refractivity contribution in [3.63, 3.8) is 0 Å². The summed E-state index contributed by atoms with van der Waals surface area (Å²) in [6, 6.07) is 0. The van der Waals surface area contributed by atoms with Gasteiger partial charge in [-0.05, 0) is 0 Å². The number of aromatic nitrogens is 4. The molecule has 2 aromatic heterocycles. The number of nitrogens with one attached hydrogen (secondary N) is 1. The predicted octanol–water partition coefficient (Wildman–Crippen LogP) is -4.63. The van der Waals surface area contributed by atoms with Gasteiger partial charge in [0.15, 0.2) is 23.7 Å². The van der Waals surface area contributed by atoms with Crippen molar-refractivity contribution in [3.8, 4) is 0 Å². The second-order valence-corrected chi connectivity index (χ2v) is 11.4. The lowest BCUT2D eigenvalue weighted by atomic mass is 10.00. The first kappa shape index (κ1) is 30.1. The molecule has 4 rings (SSSR count). The highest BCUT2D eigenvalue weighted by Gasteiger charge is 2.49. The minimum Gasteiger partial charge on any atom is -0.394 e. The first-order valence-corrected chi connectivity index (χ1v) is 13.9. The third-order valence-electron chi connectivity index (χ3n) is 5.76. The van der Waals surface area contributed by atoms with E-state index in [-0.39, 0.29) is 17.1 Å². The number of aliphatic hydroxyl groups excluding tert-OH is 6. The largest absolute Gasteiger partial charge is 0.483 e. The number of fused-ring (bicyclic) bond motifs is 1. The second-order valence-electron chi connectivity index (χ2n) is 8.44. The van der Waals surface area contributed by atoms with Crippen LogP contribution in [0, 0.1) is 0 Å². The molecule has 21 nitrogen and oxygen atoms in total. The number of hydrogen-bond acceptors (Lipinski definition) is 17. The lowest BCUT2D eigenvalue weighted by Gasteiger charge is -2.39. The molecule has 2 aliphatic rings. The zero-order valence-corrected chi connectivity index (χ0v) is 21.1. The Bertz CT molecular complexity index is 1340. The number of phosphoric ester groups is 2. The number of hydrogen-bond donors (Lipinski definition) is 10. The fraction of sp³-hybridized carbons (Fsp3) is 0.688. The third kappa shape index (κ3) is 6.22. The fourth-order valence-electron chi connectivity index (χ4n) is 3.85. The Hall–Kier alpha value is -1.91. The zero-order valence-electron chi connectivity index (χ0n) is 19.3. The summed E-state index contributed by atoms with van der Waals surface area (Å²) in [7, 11) is -11.1. The molecule has 0 saturated carbocycles. The van der Waals surface area contributed by atoms with Crippen molar-refractivity contribution in [1.82, 2.24) is 19.5 Å². The van der Waals surface area contributed by atoms with Crippen molar-refractivity contribution < 1.29 is 72.4 Å². The van der Waals surface area contributed by atoms with Crippen LogP contribution in [-0.2, 0) is 32.0 Å². The van der Waals surface area contributed by atoms with Gasteiger partial charge in [-0.25, -0.2) is 14.1 Å². The minimum atomic E-state index is -5.60. The summed E-state index contributed by atoms with van der Waals surface area (Å²) >= 11 is 0. The number of rotatable bonds is 9. The normalized spacial score (nSPS) is 36.6. The van der Waals surface area contributed by atoms with Crippen LogP contribution in [-0.4, -0.2) is 122 Å². The Morgan fingerprint density at radius 2 is 1.67 bits per heavy atom. The molecular weight excluding hydrogens is 580 g/mol. The summed E-state index contributed by atoms with van der Waals surface area (Å²) < 4.78 is 49.1. The number of nitrogens with two attached hydrogens (primary N) is 1. The molecule has 0 spiro atoms. The summed E-state index contributed by atoms with van der Waals surface area (Å²) in [6.07, 6.45) is -15.0. The zero-order chi connectivity index (χ0) is 28.9. The van der Waals surface area contributed by atoms with Gasteiger partial charge in [-0.2, -0.15) is 9.29 Å². The van der Waals surface area contributed by atoms with E-state index in [1.807, 2.05) is 0 Å². The Morgan fingerprint density at radius 1 is 1.00 bits per heavy atom. The maximum atomic E-state index is 12.3. The molecule has 2 fully saturated rings. The third-order valence-corrected chi connectivity index (χ3v) is 8.36. The number of ether oxygens (including phenoxy) is 2. The van der Waals surface area contributed by atoms with Gasteiger partial charge in [-0.1, -0.05) is 0 Å². The number of imidazole rings is 1. The van der Waals surface area contributed by atoms with E-state index >= 15 is 0 Å². The molecule has 3 unspecified atom stereocenters. The van der Waals surface area contributed by atoms with Gasteiger partial charge in [0.25, 0.3) is 5.56 Å². The van der Waals surface area contributed by atoms with Gasteiger partial charge in [0, 0.05) is 0 Å². The van der Waals surface area contributed by atoms with Crippen LogP contribution in [0.4, 0.5) is 5.95 Å². The molecule has 11 N–H and O–H groups in total. The molecular formula is C16H25N5O16P2. The van der Waals surface area contributed by atoms with E-state index in [9.17, 15) is 49.2 Å². The molecule has 2 aromatic rings. The number of nitrogen functional groups attached to an aromatic ring is 1. The van der Waals surface area contributed by atoms with Crippen LogP contribution < -0.4 is 11.3 Å². The average Bonchev–Trinajstić information content (AvgIpc) is 3.38. The monoisotopic (exact) mass is 605 g/mol. The van der Waals surface area contributed by atoms with E-state index in [2.05, 4.69) is 28.3 Å². The summed E-state index contributed by atoms with van der Waals surface area (Å²) in [5, 5.41) is 59.2. The summed E-state index contributed by atoms with van der Waals surface area (Å²) in [5.74, 6) is -0.278. The highest BCUT2D eigenvalue weighted by molar-refractivity contribution is 7.61. The van der Waals surface area contributed by atoms with Crippen molar-refractivity contribution in [1.29, 1.82) is 0 Å². The lowest BCUT2D eigenvalue weighted by molar-refractivity contribution is -0.280. The number of aliphatic hydroxyl groups is 6. The van der Waals surface area contributed by atoms with Crippen LogP contribution in [0.15, 0.2) is 11.1 Å². The first-order valence-electron chi connectivity index (χ1n) is 10.9. The van der Waals surface area contributed by atoms with Crippen molar-refractivity contribution in [2.75, 3.05) is 18.9 Å². The average molecular weight is 605 g/mol. The van der Waals surface area contributed by atoms with Crippen molar-refractivity contribution >= 4 is 32.8 Å². The standard InChI is InChI=1S/C16H25N5O16P2/c17-16-19-12-6(13(28)20-16)18-3-21(12)14-10(26)8(24)5(34-14)2-33-38(29,30)37-39(31,32)36-15-11(27)9(25)7(23)4(1-22)35-15/h3-5,7-11,14-15,22-27H,1-2H2,(H,29,30)(H,31,32)(H3,17,19,20,28)/t4-,5-,7-,8-,9+,10-,11-,14-,15?/m1/s1. The molecule has 4 heterocycles. The maximum absolute atomic E-state index is 12.3. The number of nitrogens with zero attached hydrogens (tertiary/aromatic N) is 3. The molecule has 0 aliphatic carbocycles. The number of aromatic amines is 1. The van der Waals surface area contributed by atoms with Crippen LogP contribution in [0.1, 0.15) is 6.23 Å². The first-order chi connectivity index (χ1) is 18.1. The molecule has 0 amide bonds. The highest BCUT2D eigenvalue weighted by atomic mass is 31.3. The van der Waals surface area contributed by atoms with Crippen LogP contribution in [0.5, 0.6) is 0 Å². The van der Waals surface area contributed by atoms with Crippen molar-refractivity contribution in [2.45, 2.75) is 55.2 Å². The molecule has 220 valence electrons. The molecule has 2 saturated heterocycles. The van der Waals surface area contributed by atoms with E-state index in [1.165, 1.54) is 0 Å². The Labute approximate surface area is 216 Å². The summed E-state index contributed by atoms with van der Waals surface area (Å²) in [4.78, 5) is 41.7.